The van der Waals surface area contributed by atoms with Gasteiger partial charge >= 0.3 is 0 Å². The van der Waals surface area contributed by atoms with Crippen molar-refractivity contribution in [3.05, 3.63) is 0 Å². The van der Waals surface area contributed by atoms with Gasteiger partial charge in [0.05, 0.1) is 0 Å². The highest BCUT2D eigenvalue weighted by Crippen LogP contribution is 2.19. The number of carbonyl (C=O) groups excluding carboxylic acids is 1. The van der Waals surface area contributed by atoms with Crippen molar-refractivity contribution in [3.8, 4) is 0 Å². The van der Waals surface area contributed by atoms with Crippen molar-refractivity contribution in [1.29, 1.82) is 0 Å². The minimum atomic E-state index is -0.608. The Morgan fingerprint density at radius 1 is 1.47 bits per heavy atom. The molecule has 0 rings (SSSR count). The number of hydrogen-bond donors (Lipinski definition) is 3. The highest BCUT2D eigenvalue weighted by molar-refractivity contribution is 6.02. The van der Waals surface area contributed by atoms with E-state index < -0.39 is 5.92 Å². The van der Waals surface area contributed by atoms with Gasteiger partial charge in [0.15, 0.2) is 5.84 Å². The molecule has 0 radical (unpaired) electrons. The number of nitrogens with two attached hydrogens (primary N) is 1. The predicted molar refractivity (Wildman–Crippen MR) is 75.0 cm³/mol. The maximum absolute atomic E-state index is 12.1. The summed E-state index contributed by atoms with van der Waals surface area (Å²) in [6.07, 6.45) is 0.847. The molecule has 0 saturated heterocycles. The number of hydrogen-bond acceptors (Lipinski definition) is 4. The molecule has 0 aliphatic carbocycles. The first-order chi connectivity index (χ1) is 8.75. The van der Waals surface area contributed by atoms with Gasteiger partial charge in [-0.2, -0.15) is 0 Å². The van der Waals surface area contributed by atoms with Gasteiger partial charge in [-0.05, 0) is 17.8 Å². The van der Waals surface area contributed by atoms with Crippen molar-refractivity contribution in [1.82, 2.24) is 5.32 Å². The molecule has 1 amide bonds. The first-order valence-corrected chi connectivity index (χ1v) is 6.49. The Morgan fingerprint density at radius 3 is 2.47 bits per heavy atom. The summed E-state index contributed by atoms with van der Waals surface area (Å²) in [5.74, 6) is -0.904. The van der Waals surface area contributed by atoms with Crippen molar-refractivity contribution >= 4 is 11.7 Å². The molecule has 1 unspecified atom stereocenters. The first-order valence-electron chi connectivity index (χ1n) is 6.49. The highest BCUT2D eigenvalue weighted by Gasteiger charge is 2.28. The van der Waals surface area contributed by atoms with Crippen LogP contribution in [-0.2, 0) is 9.53 Å². The lowest BCUT2D eigenvalue weighted by Gasteiger charge is -2.26. The lowest BCUT2D eigenvalue weighted by molar-refractivity contribution is -0.124. The number of ether oxygens (including phenoxy) is 1. The Morgan fingerprint density at radius 2 is 2.05 bits per heavy atom. The highest BCUT2D eigenvalue weighted by atomic mass is 16.5. The number of oxime groups is 1. The standard InChI is InChI=1S/C13H27N3O3/c1-9(2)10(11(14)16-18)12(17)15-8-13(3,4)6-7-19-5/h9-10,18H,6-8H2,1-5H3,(H2,14,16)(H,15,17). The van der Waals surface area contributed by atoms with E-state index in [1.165, 1.54) is 0 Å². The van der Waals surface area contributed by atoms with Crippen LogP contribution in [0.3, 0.4) is 0 Å². The van der Waals surface area contributed by atoms with Gasteiger partial charge < -0.3 is 21.0 Å². The molecular weight excluding hydrogens is 246 g/mol. The minimum absolute atomic E-state index is 0.0296. The average molecular weight is 273 g/mol. The normalized spacial score (nSPS) is 14.5. The Kier molecular flexibility index (Phi) is 7.44. The fourth-order valence-electron chi connectivity index (χ4n) is 1.74. The summed E-state index contributed by atoms with van der Waals surface area (Å²) in [6.45, 7) is 9.00. The van der Waals surface area contributed by atoms with E-state index in [1.807, 2.05) is 13.8 Å². The Labute approximate surface area is 115 Å². The molecule has 6 nitrogen and oxygen atoms in total. The predicted octanol–water partition coefficient (Wildman–Crippen LogP) is 1.18. The fraction of sp³-hybridized carbons (Fsp3) is 0.846. The molecule has 0 spiro atoms. The van der Waals surface area contributed by atoms with Gasteiger partial charge in [-0.15, -0.1) is 0 Å². The van der Waals surface area contributed by atoms with E-state index in [-0.39, 0.29) is 23.1 Å². The Bertz CT molecular complexity index is 314. The lowest BCUT2D eigenvalue weighted by atomic mass is 9.88. The molecule has 0 aromatic heterocycles. The number of methoxy groups -OCH3 is 1. The quantitative estimate of drug-likeness (QED) is 0.268. The number of amidine groups is 1. The molecule has 0 aliphatic rings. The second-order valence-electron chi connectivity index (χ2n) is 5.87. The molecule has 0 bridgehead atoms. The van der Waals surface area contributed by atoms with Gasteiger partial charge in [-0.1, -0.05) is 32.9 Å². The van der Waals surface area contributed by atoms with Gasteiger partial charge in [0.2, 0.25) is 5.91 Å². The maximum Gasteiger partial charge on any atom is 0.231 e. The third-order valence-corrected chi connectivity index (χ3v) is 3.11. The third kappa shape index (κ3) is 6.42. The topological polar surface area (TPSA) is 96.9 Å². The zero-order valence-corrected chi connectivity index (χ0v) is 12.6. The Balaban J connectivity index is 4.50. The number of nitrogens with one attached hydrogen (secondary N) is 1. The second-order valence-corrected chi connectivity index (χ2v) is 5.87. The van der Waals surface area contributed by atoms with Gasteiger partial charge in [0.1, 0.15) is 5.92 Å². The van der Waals surface area contributed by atoms with Crippen LogP contribution >= 0.6 is 0 Å². The molecule has 19 heavy (non-hydrogen) atoms. The van der Waals surface area contributed by atoms with Crippen LogP contribution in [0, 0.1) is 17.3 Å². The largest absolute Gasteiger partial charge is 0.409 e. The summed E-state index contributed by atoms with van der Waals surface area (Å²) < 4.78 is 5.04. The molecule has 0 fully saturated rings. The average Bonchev–Trinajstić information content (AvgIpc) is 2.33. The number of nitrogens with zero attached hydrogens (tertiary/aromatic N) is 1. The van der Waals surface area contributed by atoms with Crippen LogP contribution < -0.4 is 11.1 Å². The first kappa shape index (κ1) is 17.7. The van der Waals surface area contributed by atoms with Gasteiger partial charge in [0.25, 0.3) is 0 Å². The molecule has 4 N–H and O–H groups in total. The molecular formula is C13H27N3O3. The number of rotatable bonds is 8. The van der Waals surface area contributed by atoms with Crippen molar-refractivity contribution in [3.63, 3.8) is 0 Å². The van der Waals surface area contributed by atoms with Gasteiger partial charge in [0, 0.05) is 20.3 Å². The van der Waals surface area contributed by atoms with Crippen molar-refractivity contribution in [2.24, 2.45) is 28.1 Å². The van der Waals surface area contributed by atoms with Gasteiger partial charge in [-0.25, -0.2) is 0 Å². The number of carbonyl (C=O) groups is 1. The zero-order chi connectivity index (χ0) is 15.1. The second kappa shape index (κ2) is 7.99. The summed E-state index contributed by atoms with van der Waals surface area (Å²) in [4.78, 5) is 12.1. The molecule has 0 aromatic rings. The zero-order valence-electron chi connectivity index (χ0n) is 12.6. The third-order valence-electron chi connectivity index (χ3n) is 3.11. The smallest absolute Gasteiger partial charge is 0.231 e. The van der Waals surface area contributed by atoms with Crippen molar-refractivity contribution < 1.29 is 14.7 Å². The van der Waals surface area contributed by atoms with E-state index in [0.29, 0.717) is 13.2 Å². The van der Waals surface area contributed by atoms with E-state index in [2.05, 4.69) is 24.3 Å². The van der Waals surface area contributed by atoms with Crippen LogP contribution in [-0.4, -0.2) is 37.2 Å². The number of amides is 1. The van der Waals surface area contributed by atoms with Gasteiger partial charge in [-0.3, -0.25) is 4.79 Å². The molecule has 0 aliphatic heterocycles. The van der Waals surface area contributed by atoms with Crippen LogP contribution in [0.15, 0.2) is 5.16 Å². The summed E-state index contributed by atoms with van der Waals surface area (Å²) in [7, 11) is 1.65. The van der Waals surface area contributed by atoms with Crippen LogP contribution in [0.4, 0.5) is 0 Å². The minimum Gasteiger partial charge on any atom is -0.409 e. The van der Waals surface area contributed by atoms with Crippen LogP contribution in [0.2, 0.25) is 0 Å². The summed E-state index contributed by atoms with van der Waals surface area (Å²) >= 11 is 0. The SMILES string of the molecule is COCCC(C)(C)CNC(=O)C(C(N)=NO)C(C)C. The van der Waals surface area contributed by atoms with Crippen LogP contribution in [0.5, 0.6) is 0 Å². The summed E-state index contributed by atoms with van der Waals surface area (Å²) in [6, 6.07) is 0. The van der Waals surface area contributed by atoms with Crippen LogP contribution in [0.25, 0.3) is 0 Å². The molecule has 1 atom stereocenters. The van der Waals surface area contributed by atoms with E-state index in [1.54, 1.807) is 7.11 Å². The maximum atomic E-state index is 12.1. The van der Waals surface area contributed by atoms with Crippen molar-refractivity contribution in [2.75, 3.05) is 20.3 Å². The van der Waals surface area contributed by atoms with E-state index in [0.717, 1.165) is 6.42 Å². The van der Waals surface area contributed by atoms with E-state index in [4.69, 9.17) is 15.7 Å². The van der Waals surface area contributed by atoms with E-state index >= 15 is 0 Å². The molecule has 0 heterocycles. The lowest BCUT2D eigenvalue weighted by Crippen LogP contribution is -2.44. The molecule has 0 aromatic carbocycles. The summed E-state index contributed by atoms with van der Waals surface area (Å²) in [5.41, 5.74) is 5.50. The molecule has 0 saturated carbocycles. The van der Waals surface area contributed by atoms with Crippen molar-refractivity contribution in [2.45, 2.75) is 34.1 Å². The summed E-state index contributed by atoms with van der Waals surface area (Å²) in [5, 5.41) is 14.5. The molecule has 112 valence electrons. The molecule has 6 heteroatoms. The fourth-order valence-corrected chi connectivity index (χ4v) is 1.74. The van der Waals surface area contributed by atoms with E-state index in [9.17, 15) is 4.79 Å². The monoisotopic (exact) mass is 273 g/mol. The Hall–Kier alpha value is -1.30. The van der Waals surface area contributed by atoms with Crippen LogP contribution in [0.1, 0.15) is 34.1 Å².